The van der Waals surface area contributed by atoms with Crippen molar-refractivity contribution in [3.8, 4) is 0 Å². The van der Waals surface area contributed by atoms with Crippen LogP contribution in [-0.4, -0.2) is 31.3 Å². The molecule has 0 aromatic heterocycles. The highest BCUT2D eigenvalue weighted by Crippen LogP contribution is 2.25. The molecular formula is C13H20O5. The Morgan fingerprint density at radius 3 is 2.44 bits per heavy atom. The van der Waals surface area contributed by atoms with E-state index in [0.29, 0.717) is 18.8 Å². The van der Waals surface area contributed by atoms with Gasteiger partial charge in [0.15, 0.2) is 0 Å². The lowest BCUT2D eigenvalue weighted by Gasteiger charge is -2.21. The molecule has 18 heavy (non-hydrogen) atoms. The molecule has 1 heterocycles. The van der Waals surface area contributed by atoms with Crippen LogP contribution in [0.1, 0.15) is 40.0 Å². The van der Waals surface area contributed by atoms with Gasteiger partial charge in [0.05, 0.1) is 25.7 Å². The van der Waals surface area contributed by atoms with E-state index < -0.39 is 17.5 Å². The third-order valence-corrected chi connectivity index (χ3v) is 2.36. The lowest BCUT2D eigenvalue weighted by molar-refractivity contribution is -0.152. The van der Waals surface area contributed by atoms with Crippen molar-refractivity contribution in [2.75, 3.05) is 13.7 Å². The molecular weight excluding hydrogens is 236 g/mol. The van der Waals surface area contributed by atoms with Crippen LogP contribution < -0.4 is 0 Å². The van der Waals surface area contributed by atoms with Gasteiger partial charge in [-0.05, 0) is 27.2 Å². The number of rotatable bonds is 3. The van der Waals surface area contributed by atoms with Crippen LogP contribution in [0.25, 0.3) is 0 Å². The van der Waals surface area contributed by atoms with Gasteiger partial charge in [0.2, 0.25) is 0 Å². The Hall–Kier alpha value is -1.52. The highest BCUT2D eigenvalue weighted by Gasteiger charge is 2.27. The fourth-order valence-corrected chi connectivity index (χ4v) is 1.58. The van der Waals surface area contributed by atoms with E-state index in [9.17, 15) is 9.59 Å². The molecule has 0 bridgehead atoms. The summed E-state index contributed by atoms with van der Waals surface area (Å²) in [5, 5.41) is 0. The van der Waals surface area contributed by atoms with Gasteiger partial charge in [-0.2, -0.15) is 0 Å². The molecule has 0 N–H and O–H groups in total. The second kappa shape index (κ2) is 5.89. The summed E-state index contributed by atoms with van der Waals surface area (Å²) in [6.45, 7) is 5.91. The summed E-state index contributed by atoms with van der Waals surface area (Å²) < 4.78 is 15.2. The minimum Gasteiger partial charge on any atom is -0.497 e. The molecule has 1 saturated heterocycles. The zero-order chi connectivity index (χ0) is 13.8. The van der Waals surface area contributed by atoms with Crippen LogP contribution in [0.15, 0.2) is 11.3 Å². The Bertz CT molecular complexity index is 354. The monoisotopic (exact) mass is 256 g/mol. The summed E-state index contributed by atoms with van der Waals surface area (Å²) >= 11 is 0. The first-order valence-electron chi connectivity index (χ1n) is 5.98. The van der Waals surface area contributed by atoms with E-state index >= 15 is 0 Å². The lowest BCUT2D eigenvalue weighted by atomic mass is 10.1. The normalized spacial score (nSPS) is 18.0. The standard InChI is InChI=1S/C13H20O5/c1-13(2,3)18-12(15)9(8-11(14)16-4)10-6-5-7-17-10/h5-8H2,1-4H3/b10-9+. The Kier molecular flexibility index (Phi) is 4.76. The largest absolute Gasteiger partial charge is 0.497 e. The predicted molar refractivity (Wildman–Crippen MR) is 64.7 cm³/mol. The number of hydrogen-bond acceptors (Lipinski definition) is 5. The van der Waals surface area contributed by atoms with Crippen LogP contribution in [0.3, 0.4) is 0 Å². The first-order valence-corrected chi connectivity index (χ1v) is 5.98. The molecule has 0 amide bonds. The van der Waals surface area contributed by atoms with Crippen molar-refractivity contribution < 1.29 is 23.8 Å². The van der Waals surface area contributed by atoms with Crippen molar-refractivity contribution in [3.05, 3.63) is 11.3 Å². The van der Waals surface area contributed by atoms with Gasteiger partial charge in [0.1, 0.15) is 11.4 Å². The maximum Gasteiger partial charge on any atom is 0.338 e. The SMILES string of the molecule is COC(=O)C/C(C(=O)OC(C)(C)C)=C1/CCCO1. The number of allylic oxidation sites excluding steroid dienone is 1. The highest BCUT2D eigenvalue weighted by molar-refractivity contribution is 5.94. The Labute approximate surface area is 107 Å². The summed E-state index contributed by atoms with van der Waals surface area (Å²) in [6.07, 6.45) is 1.40. The average Bonchev–Trinajstić information content (AvgIpc) is 2.75. The van der Waals surface area contributed by atoms with Gasteiger partial charge in [-0.25, -0.2) is 4.79 Å². The Balaban J connectivity index is 2.87. The minimum absolute atomic E-state index is 0.110. The van der Waals surface area contributed by atoms with Crippen molar-refractivity contribution in [2.45, 2.75) is 45.6 Å². The van der Waals surface area contributed by atoms with Crippen molar-refractivity contribution >= 4 is 11.9 Å². The van der Waals surface area contributed by atoms with E-state index in [-0.39, 0.29) is 12.0 Å². The van der Waals surface area contributed by atoms with Gasteiger partial charge < -0.3 is 14.2 Å². The van der Waals surface area contributed by atoms with Gasteiger partial charge >= 0.3 is 11.9 Å². The van der Waals surface area contributed by atoms with Crippen LogP contribution >= 0.6 is 0 Å². The number of hydrogen-bond donors (Lipinski definition) is 0. The summed E-state index contributed by atoms with van der Waals surface area (Å²) in [5.41, 5.74) is -0.327. The zero-order valence-electron chi connectivity index (χ0n) is 11.4. The van der Waals surface area contributed by atoms with E-state index in [1.165, 1.54) is 7.11 Å². The molecule has 0 saturated carbocycles. The van der Waals surface area contributed by atoms with E-state index in [1.807, 2.05) is 0 Å². The third-order valence-electron chi connectivity index (χ3n) is 2.36. The molecule has 1 rings (SSSR count). The summed E-state index contributed by atoms with van der Waals surface area (Å²) in [6, 6.07) is 0. The molecule has 1 fully saturated rings. The van der Waals surface area contributed by atoms with E-state index in [4.69, 9.17) is 9.47 Å². The van der Waals surface area contributed by atoms with Gasteiger partial charge in [-0.3, -0.25) is 4.79 Å². The molecule has 1 aliphatic rings. The molecule has 5 heteroatoms. The van der Waals surface area contributed by atoms with Gasteiger partial charge in [-0.15, -0.1) is 0 Å². The van der Waals surface area contributed by atoms with Crippen LogP contribution in [0.5, 0.6) is 0 Å². The molecule has 0 aromatic rings. The number of ether oxygens (including phenoxy) is 3. The number of carbonyl (C=O) groups excluding carboxylic acids is 2. The topological polar surface area (TPSA) is 61.8 Å². The highest BCUT2D eigenvalue weighted by atomic mass is 16.6. The first-order chi connectivity index (χ1) is 8.33. The molecule has 1 aliphatic heterocycles. The maximum atomic E-state index is 12.0. The maximum absolute atomic E-state index is 12.0. The van der Waals surface area contributed by atoms with Crippen molar-refractivity contribution in [1.82, 2.24) is 0 Å². The molecule has 0 radical (unpaired) electrons. The van der Waals surface area contributed by atoms with Crippen LogP contribution in [0.4, 0.5) is 0 Å². The fraction of sp³-hybridized carbons (Fsp3) is 0.692. The van der Waals surface area contributed by atoms with Crippen LogP contribution in [0, 0.1) is 0 Å². The Morgan fingerprint density at radius 2 is 2.00 bits per heavy atom. The quantitative estimate of drug-likeness (QED) is 0.570. The summed E-state index contributed by atoms with van der Waals surface area (Å²) in [5.74, 6) is -0.432. The number of carbonyl (C=O) groups is 2. The molecule has 0 unspecified atom stereocenters. The van der Waals surface area contributed by atoms with Gasteiger partial charge in [0.25, 0.3) is 0 Å². The average molecular weight is 256 g/mol. The predicted octanol–water partition coefficient (Wildman–Crippen LogP) is 1.96. The van der Waals surface area contributed by atoms with E-state index in [0.717, 1.165) is 6.42 Å². The zero-order valence-corrected chi connectivity index (χ0v) is 11.4. The summed E-state index contributed by atoms with van der Waals surface area (Å²) in [7, 11) is 1.29. The van der Waals surface area contributed by atoms with Crippen molar-refractivity contribution in [2.24, 2.45) is 0 Å². The third kappa shape index (κ3) is 4.39. The summed E-state index contributed by atoms with van der Waals surface area (Å²) in [4.78, 5) is 23.4. The smallest absolute Gasteiger partial charge is 0.338 e. The number of esters is 2. The van der Waals surface area contributed by atoms with Crippen molar-refractivity contribution in [3.63, 3.8) is 0 Å². The minimum atomic E-state index is -0.600. The van der Waals surface area contributed by atoms with Gasteiger partial charge in [-0.1, -0.05) is 0 Å². The van der Waals surface area contributed by atoms with Crippen molar-refractivity contribution in [1.29, 1.82) is 0 Å². The first kappa shape index (κ1) is 14.5. The second-order valence-corrected chi connectivity index (χ2v) is 5.11. The Morgan fingerprint density at radius 1 is 1.33 bits per heavy atom. The van der Waals surface area contributed by atoms with Crippen LogP contribution in [-0.2, 0) is 23.8 Å². The molecule has 0 aliphatic carbocycles. The second-order valence-electron chi connectivity index (χ2n) is 5.11. The molecule has 0 aromatic carbocycles. The number of methoxy groups -OCH3 is 1. The lowest BCUT2D eigenvalue weighted by Crippen LogP contribution is -2.26. The van der Waals surface area contributed by atoms with E-state index in [2.05, 4.69) is 4.74 Å². The van der Waals surface area contributed by atoms with E-state index in [1.54, 1.807) is 20.8 Å². The fourth-order valence-electron chi connectivity index (χ4n) is 1.58. The molecule has 0 spiro atoms. The molecule has 0 atom stereocenters. The van der Waals surface area contributed by atoms with Crippen LogP contribution in [0.2, 0.25) is 0 Å². The van der Waals surface area contributed by atoms with Gasteiger partial charge in [0, 0.05) is 6.42 Å². The molecule has 5 nitrogen and oxygen atoms in total. The molecule has 102 valence electrons.